The Labute approximate surface area is 131 Å². The van der Waals surface area contributed by atoms with E-state index in [9.17, 15) is 0 Å². The Morgan fingerprint density at radius 1 is 1.24 bits per heavy atom. The third-order valence-corrected chi connectivity index (χ3v) is 3.53. The zero-order valence-corrected chi connectivity index (χ0v) is 13.3. The molecule has 1 N–H and O–H groups in total. The standard InChI is InChI=1S/C16H22ClN3O/c1-3-10-18-15(16-9-11-19-20(16)4-2)12-21-14-7-5-13(17)6-8-14/h5-9,11,15,18H,3-4,10,12H2,1-2H3. The van der Waals surface area contributed by atoms with E-state index in [-0.39, 0.29) is 6.04 Å². The number of aryl methyl sites for hydroxylation is 1. The van der Waals surface area contributed by atoms with Crippen molar-refractivity contribution in [1.82, 2.24) is 15.1 Å². The second kappa shape index (κ2) is 8.05. The predicted octanol–water partition coefficient (Wildman–Crippen LogP) is 3.68. The first-order chi connectivity index (χ1) is 10.2. The molecule has 2 rings (SSSR count). The van der Waals surface area contributed by atoms with Crippen LogP contribution in [-0.2, 0) is 6.54 Å². The fourth-order valence-electron chi connectivity index (χ4n) is 2.18. The van der Waals surface area contributed by atoms with Gasteiger partial charge in [0.2, 0.25) is 0 Å². The van der Waals surface area contributed by atoms with Gasteiger partial charge >= 0.3 is 0 Å². The highest BCUT2D eigenvalue weighted by atomic mass is 35.5. The fraction of sp³-hybridized carbons (Fsp3) is 0.438. The molecule has 0 saturated heterocycles. The smallest absolute Gasteiger partial charge is 0.119 e. The molecule has 0 bridgehead atoms. The molecule has 0 fully saturated rings. The van der Waals surface area contributed by atoms with Gasteiger partial charge in [-0.25, -0.2) is 0 Å². The molecule has 0 aliphatic heterocycles. The summed E-state index contributed by atoms with van der Waals surface area (Å²) in [6.07, 6.45) is 2.92. The van der Waals surface area contributed by atoms with Crippen LogP contribution in [0, 0.1) is 0 Å². The van der Waals surface area contributed by atoms with Crippen molar-refractivity contribution in [2.45, 2.75) is 32.9 Å². The lowest BCUT2D eigenvalue weighted by atomic mass is 10.2. The molecule has 2 aromatic rings. The Morgan fingerprint density at radius 2 is 2.00 bits per heavy atom. The van der Waals surface area contributed by atoms with Crippen molar-refractivity contribution < 1.29 is 4.74 Å². The lowest BCUT2D eigenvalue weighted by Gasteiger charge is -2.20. The summed E-state index contributed by atoms with van der Waals surface area (Å²) in [4.78, 5) is 0. The summed E-state index contributed by atoms with van der Waals surface area (Å²) in [5.74, 6) is 0.824. The van der Waals surface area contributed by atoms with E-state index in [4.69, 9.17) is 16.3 Å². The molecule has 0 saturated carbocycles. The molecule has 5 heteroatoms. The molecule has 0 radical (unpaired) electrons. The second-order valence-corrected chi connectivity index (χ2v) is 5.28. The van der Waals surface area contributed by atoms with Crippen LogP contribution in [0.5, 0.6) is 5.75 Å². The molecule has 1 atom stereocenters. The summed E-state index contributed by atoms with van der Waals surface area (Å²) >= 11 is 5.88. The van der Waals surface area contributed by atoms with Crippen molar-refractivity contribution in [3.05, 3.63) is 47.2 Å². The Morgan fingerprint density at radius 3 is 2.67 bits per heavy atom. The Bertz CT molecular complexity index is 539. The van der Waals surface area contributed by atoms with Crippen LogP contribution in [0.2, 0.25) is 5.02 Å². The van der Waals surface area contributed by atoms with Gasteiger partial charge in [0.05, 0.1) is 11.7 Å². The van der Waals surface area contributed by atoms with E-state index < -0.39 is 0 Å². The van der Waals surface area contributed by atoms with Crippen LogP contribution in [0.4, 0.5) is 0 Å². The van der Waals surface area contributed by atoms with E-state index in [1.807, 2.05) is 41.2 Å². The van der Waals surface area contributed by atoms with Gasteiger partial charge in [0.25, 0.3) is 0 Å². The molecule has 0 aliphatic carbocycles. The second-order valence-electron chi connectivity index (χ2n) is 4.84. The van der Waals surface area contributed by atoms with Crippen LogP contribution >= 0.6 is 11.6 Å². The van der Waals surface area contributed by atoms with E-state index in [0.717, 1.165) is 31.0 Å². The fourth-order valence-corrected chi connectivity index (χ4v) is 2.31. The molecular formula is C16H22ClN3O. The van der Waals surface area contributed by atoms with Crippen LogP contribution in [-0.4, -0.2) is 22.9 Å². The highest BCUT2D eigenvalue weighted by Gasteiger charge is 2.16. The molecule has 1 heterocycles. The minimum absolute atomic E-state index is 0.128. The van der Waals surface area contributed by atoms with Crippen LogP contribution in [0.3, 0.4) is 0 Å². The highest BCUT2D eigenvalue weighted by molar-refractivity contribution is 6.30. The zero-order chi connectivity index (χ0) is 15.1. The average molecular weight is 308 g/mol. The van der Waals surface area contributed by atoms with Crippen molar-refractivity contribution >= 4 is 11.6 Å². The summed E-state index contributed by atoms with van der Waals surface area (Å²) in [5, 5.41) is 8.57. The van der Waals surface area contributed by atoms with Gasteiger partial charge in [-0.2, -0.15) is 5.10 Å². The van der Waals surface area contributed by atoms with Gasteiger partial charge in [-0.15, -0.1) is 0 Å². The maximum absolute atomic E-state index is 5.88. The van der Waals surface area contributed by atoms with E-state index in [1.165, 1.54) is 0 Å². The number of ether oxygens (including phenoxy) is 1. The highest BCUT2D eigenvalue weighted by Crippen LogP contribution is 2.19. The summed E-state index contributed by atoms with van der Waals surface area (Å²) in [6, 6.07) is 9.61. The number of halogens is 1. The third-order valence-electron chi connectivity index (χ3n) is 3.28. The van der Waals surface area contributed by atoms with E-state index in [2.05, 4.69) is 24.3 Å². The Kier molecular flexibility index (Phi) is 6.08. The molecule has 114 valence electrons. The molecule has 4 nitrogen and oxygen atoms in total. The lowest BCUT2D eigenvalue weighted by Crippen LogP contribution is -2.29. The molecule has 1 aromatic heterocycles. The molecule has 0 spiro atoms. The molecule has 0 aliphatic rings. The lowest BCUT2D eigenvalue weighted by molar-refractivity contribution is 0.259. The summed E-state index contributed by atoms with van der Waals surface area (Å²) in [6.45, 7) is 6.61. The maximum atomic E-state index is 5.88. The van der Waals surface area contributed by atoms with Crippen LogP contribution in [0.25, 0.3) is 0 Å². The number of hydrogen-bond acceptors (Lipinski definition) is 3. The predicted molar refractivity (Wildman–Crippen MR) is 85.9 cm³/mol. The minimum atomic E-state index is 0.128. The molecule has 1 unspecified atom stereocenters. The summed E-state index contributed by atoms with van der Waals surface area (Å²) in [7, 11) is 0. The van der Waals surface area contributed by atoms with Gasteiger partial charge in [0.15, 0.2) is 0 Å². The minimum Gasteiger partial charge on any atom is -0.492 e. The van der Waals surface area contributed by atoms with Gasteiger partial charge in [-0.05, 0) is 50.2 Å². The molecule has 0 amide bonds. The van der Waals surface area contributed by atoms with Crippen molar-refractivity contribution in [2.75, 3.05) is 13.2 Å². The van der Waals surface area contributed by atoms with Crippen molar-refractivity contribution in [3.63, 3.8) is 0 Å². The maximum Gasteiger partial charge on any atom is 0.119 e. The number of nitrogens with one attached hydrogen (secondary N) is 1. The first-order valence-corrected chi connectivity index (χ1v) is 7.75. The average Bonchev–Trinajstić information content (AvgIpc) is 2.97. The Balaban J connectivity index is 2.04. The SMILES string of the molecule is CCCNC(COc1ccc(Cl)cc1)c1ccnn1CC. The van der Waals surface area contributed by atoms with Crippen molar-refractivity contribution in [3.8, 4) is 5.75 Å². The van der Waals surface area contributed by atoms with Gasteiger partial charge in [0, 0.05) is 17.8 Å². The topological polar surface area (TPSA) is 39.1 Å². The summed E-state index contributed by atoms with van der Waals surface area (Å²) in [5.41, 5.74) is 1.15. The largest absolute Gasteiger partial charge is 0.492 e. The van der Waals surface area contributed by atoms with Crippen molar-refractivity contribution in [1.29, 1.82) is 0 Å². The number of rotatable bonds is 8. The van der Waals surface area contributed by atoms with Crippen molar-refractivity contribution in [2.24, 2.45) is 0 Å². The first kappa shape index (κ1) is 15.9. The van der Waals surface area contributed by atoms with E-state index >= 15 is 0 Å². The third kappa shape index (κ3) is 4.48. The number of benzene rings is 1. The van der Waals surface area contributed by atoms with Crippen LogP contribution in [0.1, 0.15) is 32.0 Å². The number of hydrogen-bond donors (Lipinski definition) is 1. The Hall–Kier alpha value is -1.52. The van der Waals surface area contributed by atoms with Gasteiger partial charge in [0.1, 0.15) is 12.4 Å². The number of aromatic nitrogens is 2. The normalized spacial score (nSPS) is 12.3. The zero-order valence-electron chi connectivity index (χ0n) is 12.6. The molecule has 21 heavy (non-hydrogen) atoms. The monoisotopic (exact) mass is 307 g/mol. The number of nitrogens with zero attached hydrogens (tertiary/aromatic N) is 2. The van der Waals surface area contributed by atoms with Gasteiger partial charge in [-0.3, -0.25) is 4.68 Å². The quantitative estimate of drug-likeness (QED) is 0.808. The van der Waals surface area contributed by atoms with Crippen LogP contribution < -0.4 is 10.1 Å². The van der Waals surface area contributed by atoms with Crippen LogP contribution in [0.15, 0.2) is 36.5 Å². The summed E-state index contributed by atoms with van der Waals surface area (Å²) < 4.78 is 7.88. The van der Waals surface area contributed by atoms with E-state index in [1.54, 1.807) is 0 Å². The van der Waals surface area contributed by atoms with Gasteiger partial charge < -0.3 is 10.1 Å². The molecular weight excluding hydrogens is 286 g/mol. The van der Waals surface area contributed by atoms with E-state index in [0.29, 0.717) is 11.6 Å². The van der Waals surface area contributed by atoms with Gasteiger partial charge in [-0.1, -0.05) is 18.5 Å². The molecule has 1 aromatic carbocycles. The first-order valence-electron chi connectivity index (χ1n) is 7.38.